The van der Waals surface area contributed by atoms with Crippen molar-refractivity contribution in [2.75, 3.05) is 0 Å². The Morgan fingerprint density at radius 2 is 1.46 bits per heavy atom. The highest BCUT2D eigenvalue weighted by Gasteiger charge is 2.63. The number of benzene rings is 2. The van der Waals surface area contributed by atoms with Crippen LogP contribution in [0.2, 0.25) is 0 Å². The van der Waals surface area contributed by atoms with Gasteiger partial charge in [0.1, 0.15) is 0 Å². The van der Waals surface area contributed by atoms with E-state index in [0.717, 1.165) is 12.0 Å². The van der Waals surface area contributed by atoms with Crippen molar-refractivity contribution in [3.63, 3.8) is 0 Å². The van der Waals surface area contributed by atoms with Crippen LogP contribution < -0.4 is 0 Å². The minimum Gasteiger partial charge on any atom is -0.330 e. The second kappa shape index (κ2) is 5.53. The van der Waals surface area contributed by atoms with E-state index < -0.39 is 17.8 Å². The van der Waals surface area contributed by atoms with E-state index in [2.05, 4.69) is 13.8 Å². The van der Waals surface area contributed by atoms with Gasteiger partial charge in [0.15, 0.2) is 0 Å². The van der Waals surface area contributed by atoms with Crippen molar-refractivity contribution < 1.29 is 19.2 Å². The lowest BCUT2D eigenvalue weighted by atomic mass is 9.85. The van der Waals surface area contributed by atoms with Crippen LogP contribution in [0.1, 0.15) is 53.0 Å². The molecular weight excluding hydrogens is 330 g/mol. The van der Waals surface area contributed by atoms with Crippen molar-refractivity contribution in [2.24, 2.45) is 5.41 Å². The zero-order valence-corrected chi connectivity index (χ0v) is 14.7. The van der Waals surface area contributed by atoms with Gasteiger partial charge in [0, 0.05) is 5.41 Å². The van der Waals surface area contributed by atoms with Gasteiger partial charge in [-0.1, -0.05) is 61.4 Å². The van der Waals surface area contributed by atoms with Gasteiger partial charge in [-0.15, -0.1) is 0 Å². The molecule has 1 aliphatic heterocycles. The third kappa shape index (κ3) is 2.35. The monoisotopic (exact) mass is 349 g/mol. The molecule has 2 aromatic carbocycles. The number of hydrogen-bond donors (Lipinski definition) is 0. The molecule has 2 aliphatic rings. The summed E-state index contributed by atoms with van der Waals surface area (Å²) >= 11 is 0. The van der Waals surface area contributed by atoms with Crippen molar-refractivity contribution in [3.8, 4) is 0 Å². The maximum atomic E-state index is 12.6. The largest absolute Gasteiger partial charge is 0.334 e. The summed E-state index contributed by atoms with van der Waals surface area (Å²) < 4.78 is 0. The first-order chi connectivity index (χ1) is 12.4. The first kappa shape index (κ1) is 16.5. The Kier molecular flexibility index (Phi) is 3.51. The second-order valence-electron chi connectivity index (χ2n) is 7.60. The molecule has 4 rings (SSSR count). The predicted octanol–water partition coefficient (Wildman–Crippen LogP) is 3.50. The minimum absolute atomic E-state index is 0.0463. The van der Waals surface area contributed by atoms with E-state index in [1.807, 2.05) is 30.3 Å². The molecule has 0 N–H and O–H groups in total. The fraction of sp³-hybridized carbons (Fsp3) is 0.286. The summed E-state index contributed by atoms with van der Waals surface area (Å²) in [5.74, 6) is -1.76. The number of fused-ring (bicyclic) bond motifs is 1. The first-order valence-electron chi connectivity index (χ1n) is 8.60. The lowest BCUT2D eigenvalue weighted by Crippen LogP contribution is -2.34. The number of imide groups is 1. The SMILES string of the molecule is CC1(C)CC1(CC(=O)ON1C(=O)c2ccccc2C1=O)c1ccccc1. The van der Waals surface area contributed by atoms with Gasteiger partial charge in [-0.2, -0.15) is 0 Å². The molecule has 132 valence electrons. The van der Waals surface area contributed by atoms with Crippen molar-refractivity contribution >= 4 is 17.8 Å². The van der Waals surface area contributed by atoms with E-state index in [9.17, 15) is 14.4 Å². The Morgan fingerprint density at radius 1 is 0.962 bits per heavy atom. The molecule has 0 bridgehead atoms. The molecule has 0 saturated heterocycles. The summed E-state index contributed by atoms with van der Waals surface area (Å²) in [5.41, 5.74) is 1.22. The van der Waals surface area contributed by atoms with Crippen molar-refractivity contribution in [3.05, 3.63) is 71.3 Å². The molecule has 0 spiro atoms. The predicted molar refractivity (Wildman–Crippen MR) is 94.2 cm³/mol. The van der Waals surface area contributed by atoms with E-state index in [-0.39, 0.29) is 28.4 Å². The number of carbonyl (C=O) groups excluding carboxylic acids is 3. The highest BCUT2D eigenvalue weighted by atomic mass is 16.7. The third-order valence-corrected chi connectivity index (χ3v) is 5.64. The van der Waals surface area contributed by atoms with Crippen LogP contribution in [0.4, 0.5) is 0 Å². The van der Waals surface area contributed by atoms with Gasteiger partial charge in [0.25, 0.3) is 11.8 Å². The van der Waals surface area contributed by atoms with Crippen LogP contribution in [-0.2, 0) is 15.0 Å². The number of hydrogen-bond acceptors (Lipinski definition) is 4. The first-order valence-corrected chi connectivity index (χ1v) is 8.60. The van der Waals surface area contributed by atoms with Crippen molar-refractivity contribution in [1.82, 2.24) is 5.06 Å². The molecule has 26 heavy (non-hydrogen) atoms. The van der Waals surface area contributed by atoms with Crippen LogP contribution >= 0.6 is 0 Å². The summed E-state index contributed by atoms with van der Waals surface area (Å²) in [7, 11) is 0. The molecule has 5 nitrogen and oxygen atoms in total. The maximum absolute atomic E-state index is 12.6. The van der Waals surface area contributed by atoms with Gasteiger partial charge in [-0.3, -0.25) is 9.59 Å². The molecule has 1 unspecified atom stereocenters. The number of nitrogens with zero attached hydrogens (tertiary/aromatic N) is 1. The van der Waals surface area contributed by atoms with Gasteiger partial charge < -0.3 is 4.84 Å². The van der Waals surface area contributed by atoms with Gasteiger partial charge in [0.05, 0.1) is 17.5 Å². The van der Waals surface area contributed by atoms with Crippen molar-refractivity contribution in [1.29, 1.82) is 0 Å². The van der Waals surface area contributed by atoms with E-state index in [1.54, 1.807) is 24.3 Å². The molecule has 2 amide bonds. The molecule has 1 heterocycles. The summed E-state index contributed by atoms with van der Waals surface area (Å²) in [6.45, 7) is 4.21. The summed E-state index contributed by atoms with van der Waals surface area (Å²) in [6.07, 6.45) is 0.971. The molecule has 1 atom stereocenters. The van der Waals surface area contributed by atoms with Gasteiger partial charge in [0.2, 0.25) is 0 Å². The van der Waals surface area contributed by atoms with Crippen LogP contribution in [0, 0.1) is 5.41 Å². The van der Waals surface area contributed by atoms with E-state index >= 15 is 0 Å². The molecule has 1 saturated carbocycles. The zero-order chi connectivity index (χ0) is 18.5. The second-order valence-corrected chi connectivity index (χ2v) is 7.60. The highest BCUT2D eigenvalue weighted by molar-refractivity contribution is 6.20. The number of hydroxylamine groups is 2. The van der Waals surface area contributed by atoms with Crippen LogP contribution in [0.5, 0.6) is 0 Å². The number of carbonyl (C=O) groups is 3. The van der Waals surface area contributed by atoms with E-state index in [0.29, 0.717) is 5.06 Å². The quantitative estimate of drug-likeness (QED) is 0.793. The van der Waals surface area contributed by atoms with Gasteiger partial charge in [-0.05, 0) is 29.5 Å². The Bertz CT molecular complexity index is 884. The zero-order valence-electron chi connectivity index (χ0n) is 14.7. The van der Waals surface area contributed by atoms with E-state index in [1.165, 1.54) is 0 Å². The lowest BCUT2D eigenvalue weighted by Gasteiger charge is -2.21. The number of amides is 2. The van der Waals surface area contributed by atoms with Crippen LogP contribution in [0.15, 0.2) is 54.6 Å². The van der Waals surface area contributed by atoms with Crippen LogP contribution in [-0.4, -0.2) is 22.8 Å². The molecule has 0 radical (unpaired) electrons. The average Bonchev–Trinajstić information content (AvgIpc) is 3.11. The fourth-order valence-corrected chi connectivity index (χ4v) is 3.99. The molecule has 5 heteroatoms. The lowest BCUT2D eigenvalue weighted by molar-refractivity contribution is -0.169. The molecule has 0 aromatic heterocycles. The highest BCUT2D eigenvalue weighted by Crippen LogP contribution is 2.66. The molecular formula is C21H19NO4. The molecule has 2 aromatic rings. The Labute approximate surface area is 151 Å². The summed E-state index contributed by atoms with van der Waals surface area (Å²) in [6, 6.07) is 16.3. The normalized spacial score (nSPS) is 22.9. The average molecular weight is 349 g/mol. The summed E-state index contributed by atoms with van der Waals surface area (Å²) in [5, 5.41) is 0.584. The Hall–Kier alpha value is -2.95. The third-order valence-electron chi connectivity index (χ3n) is 5.64. The molecule has 1 fully saturated rings. The standard InChI is InChI=1S/C21H19NO4/c1-20(2)13-21(20,14-8-4-3-5-9-14)12-17(23)26-22-18(24)15-10-6-7-11-16(15)19(22)25/h3-11H,12-13H2,1-2H3. The Morgan fingerprint density at radius 3 is 1.96 bits per heavy atom. The van der Waals surface area contributed by atoms with E-state index in [4.69, 9.17) is 4.84 Å². The topological polar surface area (TPSA) is 63.7 Å². The maximum Gasteiger partial charge on any atom is 0.334 e. The smallest absolute Gasteiger partial charge is 0.330 e. The van der Waals surface area contributed by atoms with Crippen LogP contribution in [0.3, 0.4) is 0 Å². The Balaban J connectivity index is 1.53. The fourth-order valence-electron chi connectivity index (χ4n) is 3.99. The number of rotatable bonds is 4. The molecule has 1 aliphatic carbocycles. The van der Waals surface area contributed by atoms with Crippen molar-refractivity contribution in [2.45, 2.75) is 32.1 Å². The minimum atomic E-state index is -0.595. The van der Waals surface area contributed by atoms with Crippen LogP contribution in [0.25, 0.3) is 0 Å². The van der Waals surface area contributed by atoms with Gasteiger partial charge >= 0.3 is 5.97 Å². The summed E-state index contributed by atoms with van der Waals surface area (Å²) in [4.78, 5) is 42.5. The van der Waals surface area contributed by atoms with Gasteiger partial charge in [-0.25, -0.2) is 4.79 Å².